The minimum absolute atomic E-state index is 0.0454. The topological polar surface area (TPSA) is 49.4 Å². The average Bonchev–Trinajstić information content (AvgIpc) is 2.71. The fraction of sp³-hybridized carbons (Fsp3) is 0.200. The van der Waals surface area contributed by atoms with Crippen molar-refractivity contribution in [2.75, 3.05) is 12.4 Å². The minimum atomic E-state index is 0.0454. The molecule has 1 aliphatic heterocycles. The Kier molecular flexibility index (Phi) is 6.45. The lowest BCUT2D eigenvalue weighted by Gasteiger charge is -2.22. The molecule has 0 atom stereocenters. The van der Waals surface area contributed by atoms with Crippen molar-refractivity contribution >= 4 is 35.7 Å². The molecule has 0 aliphatic carbocycles. The molecule has 0 bridgehead atoms. The van der Waals surface area contributed by atoms with Crippen molar-refractivity contribution in [3.05, 3.63) is 82.6 Å². The third kappa shape index (κ3) is 5.11. The quantitative estimate of drug-likeness (QED) is 0.425. The van der Waals surface area contributed by atoms with E-state index in [-0.39, 0.29) is 5.91 Å². The number of fused-ring (bicyclic) bond motifs is 1. The summed E-state index contributed by atoms with van der Waals surface area (Å²) in [6.45, 7) is 4.07. The molecule has 0 aromatic heterocycles. The van der Waals surface area contributed by atoms with E-state index in [0.29, 0.717) is 12.8 Å². The van der Waals surface area contributed by atoms with Crippen molar-refractivity contribution in [2.45, 2.75) is 26.7 Å². The first-order chi connectivity index (χ1) is 14.0. The maximum absolute atomic E-state index is 11.9. The zero-order chi connectivity index (χ0) is 20.8. The highest BCUT2D eigenvalue weighted by molar-refractivity contribution is 5.97. The fourth-order valence-corrected chi connectivity index (χ4v) is 3.43. The van der Waals surface area contributed by atoms with E-state index in [1.54, 1.807) is 7.05 Å². The zero-order valence-electron chi connectivity index (χ0n) is 17.1. The Hall–Kier alpha value is -3.40. The van der Waals surface area contributed by atoms with E-state index < -0.39 is 0 Å². The number of benzene rings is 2. The molecule has 29 heavy (non-hydrogen) atoms. The summed E-state index contributed by atoms with van der Waals surface area (Å²) in [6.07, 6.45) is 10.0. The van der Waals surface area contributed by atoms with Crippen LogP contribution in [0.3, 0.4) is 0 Å². The summed E-state index contributed by atoms with van der Waals surface area (Å²) in [7, 11) is 1.73. The highest BCUT2D eigenvalue weighted by Gasteiger charge is 2.20. The van der Waals surface area contributed by atoms with Crippen molar-refractivity contribution in [3.8, 4) is 0 Å². The molecule has 1 aliphatic rings. The van der Waals surface area contributed by atoms with Crippen molar-refractivity contribution in [1.82, 2.24) is 4.90 Å². The highest BCUT2D eigenvalue weighted by atomic mass is 16.1. The van der Waals surface area contributed by atoms with Crippen LogP contribution in [0.15, 0.2) is 60.3 Å². The van der Waals surface area contributed by atoms with Gasteiger partial charge in [0, 0.05) is 25.4 Å². The zero-order valence-corrected chi connectivity index (χ0v) is 17.1. The monoisotopic (exact) mass is 386 g/mol. The van der Waals surface area contributed by atoms with E-state index in [1.165, 1.54) is 4.90 Å². The van der Waals surface area contributed by atoms with Crippen LogP contribution in [0.25, 0.3) is 17.7 Å². The van der Waals surface area contributed by atoms with Crippen LogP contribution in [-0.2, 0) is 16.0 Å². The second-order valence-corrected chi connectivity index (χ2v) is 7.42. The first kappa shape index (κ1) is 20.3. The van der Waals surface area contributed by atoms with Crippen molar-refractivity contribution in [3.63, 3.8) is 0 Å². The van der Waals surface area contributed by atoms with Crippen LogP contribution in [0.1, 0.15) is 42.5 Å². The van der Waals surface area contributed by atoms with Gasteiger partial charge in [-0.1, -0.05) is 60.2 Å². The SMILES string of the molecule is CC(C)=C/C(=C\N(C)C=O)c1ccc2c(c1/C=C/c1ccccc1)CCC(=O)N2. The molecule has 2 aromatic rings. The van der Waals surface area contributed by atoms with Crippen LogP contribution in [0.4, 0.5) is 5.69 Å². The Morgan fingerprint density at radius 2 is 1.79 bits per heavy atom. The van der Waals surface area contributed by atoms with E-state index in [9.17, 15) is 9.59 Å². The lowest BCUT2D eigenvalue weighted by molar-refractivity contribution is -0.116. The van der Waals surface area contributed by atoms with E-state index in [4.69, 9.17) is 0 Å². The summed E-state index contributed by atoms with van der Waals surface area (Å²) in [4.78, 5) is 24.6. The maximum Gasteiger partial charge on any atom is 0.224 e. The standard InChI is InChI=1S/C25H26N2O2/c1-18(2)15-20(16-27(3)17-28)21-11-13-24-23(12-14-25(29)26-24)22(21)10-9-19-7-5-4-6-8-19/h4-11,13,15-17H,12,14H2,1-3H3,(H,26,29)/b10-9+,20-16+. The number of nitrogens with one attached hydrogen (secondary N) is 1. The molecule has 0 saturated heterocycles. The third-order valence-electron chi connectivity index (χ3n) is 4.74. The number of carbonyl (C=O) groups is 2. The number of anilines is 1. The number of nitrogens with zero attached hydrogens (tertiary/aromatic N) is 1. The van der Waals surface area contributed by atoms with Gasteiger partial charge in [-0.2, -0.15) is 0 Å². The Morgan fingerprint density at radius 1 is 1.03 bits per heavy atom. The molecule has 4 nitrogen and oxygen atoms in total. The molecule has 2 amide bonds. The number of rotatable bonds is 6. The number of hydrogen-bond donors (Lipinski definition) is 1. The van der Waals surface area contributed by atoms with Crippen molar-refractivity contribution in [2.24, 2.45) is 0 Å². The van der Waals surface area contributed by atoms with Crippen LogP contribution >= 0.6 is 0 Å². The molecule has 0 radical (unpaired) electrons. The van der Waals surface area contributed by atoms with Crippen molar-refractivity contribution in [1.29, 1.82) is 0 Å². The third-order valence-corrected chi connectivity index (χ3v) is 4.74. The minimum Gasteiger partial charge on any atom is -0.326 e. The number of amides is 2. The Bertz CT molecular complexity index is 997. The van der Waals surface area contributed by atoms with Gasteiger partial charge in [0.15, 0.2) is 0 Å². The molecule has 0 fully saturated rings. The Balaban J connectivity index is 2.18. The van der Waals surface area contributed by atoms with Crippen LogP contribution in [-0.4, -0.2) is 24.3 Å². The Morgan fingerprint density at radius 3 is 2.48 bits per heavy atom. The van der Waals surface area contributed by atoms with E-state index in [1.807, 2.05) is 50.4 Å². The second-order valence-electron chi connectivity index (χ2n) is 7.42. The van der Waals surface area contributed by atoms with Gasteiger partial charge in [-0.05, 0) is 54.2 Å². The van der Waals surface area contributed by atoms with Gasteiger partial charge >= 0.3 is 0 Å². The molecule has 2 aromatic carbocycles. The summed E-state index contributed by atoms with van der Waals surface area (Å²) < 4.78 is 0. The predicted molar refractivity (Wildman–Crippen MR) is 120 cm³/mol. The molecule has 148 valence electrons. The van der Waals surface area contributed by atoms with Crippen LogP contribution in [0.5, 0.6) is 0 Å². The second kappa shape index (κ2) is 9.20. The largest absolute Gasteiger partial charge is 0.326 e. The molecular weight excluding hydrogens is 360 g/mol. The van der Waals surface area contributed by atoms with Crippen LogP contribution in [0.2, 0.25) is 0 Å². The maximum atomic E-state index is 11.9. The van der Waals surface area contributed by atoms with Crippen LogP contribution in [0, 0.1) is 0 Å². The molecule has 4 heteroatoms. The Labute approximate surface area is 172 Å². The van der Waals surface area contributed by atoms with Gasteiger partial charge in [-0.25, -0.2) is 0 Å². The smallest absolute Gasteiger partial charge is 0.224 e. The number of hydrogen-bond acceptors (Lipinski definition) is 2. The molecule has 1 heterocycles. The van der Waals surface area contributed by atoms with Gasteiger partial charge in [0.25, 0.3) is 0 Å². The summed E-state index contributed by atoms with van der Waals surface area (Å²) >= 11 is 0. The lowest BCUT2D eigenvalue weighted by Crippen LogP contribution is -2.20. The van der Waals surface area contributed by atoms with Gasteiger partial charge in [0.2, 0.25) is 12.3 Å². The summed E-state index contributed by atoms with van der Waals surface area (Å²) in [5.41, 5.74) is 7.27. The van der Waals surface area contributed by atoms with Gasteiger partial charge < -0.3 is 10.2 Å². The molecular formula is C25H26N2O2. The van der Waals surface area contributed by atoms with Crippen molar-refractivity contribution < 1.29 is 9.59 Å². The van der Waals surface area contributed by atoms with E-state index in [0.717, 1.165) is 45.5 Å². The average molecular weight is 386 g/mol. The molecule has 1 N–H and O–H groups in total. The predicted octanol–water partition coefficient (Wildman–Crippen LogP) is 5.14. The molecule has 0 spiro atoms. The highest BCUT2D eigenvalue weighted by Crippen LogP contribution is 2.34. The lowest BCUT2D eigenvalue weighted by atomic mass is 9.89. The molecule has 0 saturated carbocycles. The van der Waals surface area contributed by atoms with Gasteiger partial charge in [0.05, 0.1) is 0 Å². The summed E-state index contributed by atoms with van der Waals surface area (Å²) in [5, 5.41) is 2.98. The summed E-state index contributed by atoms with van der Waals surface area (Å²) in [6, 6.07) is 14.1. The van der Waals surface area contributed by atoms with Gasteiger partial charge in [0.1, 0.15) is 0 Å². The number of allylic oxidation sites excluding steroid dienone is 3. The van der Waals surface area contributed by atoms with Gasteiger partial charge in [-0.3, -0.25) is 9.59 Å². The van der Waals surface area contributed by atoms with E-state index >= 15 is 0 Å². The normalized spacial score (nSPS) is 13.6. The van der Waals surface area contributed by atoms with E-state index in [2.05, 4.69) is 35.7 Å². The number of carbonyl (C=O) groups excluding carboxylic acids is 2. The fourth-order valence-electron chi connectivity index (χ4n) is 3.43. The molecule has 0 unspecified atom stereocenters. The first-order valence-electron chi connectivity index (χ1n) is 9.71. The summed E-state index contributed by atoms with van der Waals surface area (Å²) in [5.74, 6) is 0.0454. The molecule has 3 rings (SSSR count). The van der Waals surface area contributed by atoms with Gasteiger partial charge in [-0.15, -0.1) is 0 Å². The first-order valence-corrected chi connectivity index (χ1v) is 9.71. The van der Waals surface area contributed by atoms with Crippen LogP contribution < -0.4 is 5.32 Å².